The largest absolute Gasteiger partial charge is 0.339 e. The number of halogens is 3. The molecule has 1 aliphatic heterocycles. The van der Waals surface area contributed by atoms with Crippen molar-refractivity contribution >= 4 is 34.5 Å². The zero-order valence-electron chi connectivity index (χ0n) is 31.8. The van der Waals surface area contributed by atoms with Gasteiger partial charge in [-0.25, -0.2) is 8.78 Å². The van der Waals surface area contributed by atoms with E-state index in [-0.39, 0.29) is 18.7 Å². The van der Waals surface area contributed by atoms with Gasteiger partial charge in [-0.2, -0.15) is 0 Å². The van der Waals surface area contributed by atoms with Gasteiger partial charge in [-0.05, 0) is 110 Å². The van der Waals surface area contributed by atoms with Crippen LogP contribution in [0.2, 0.25) is 5.02 Å². The molecule has 0 unspecified atom stereocenters. The number of piperidine rings is 1. The maximum absolute atomic E-state index is 13.4. The Morgan fingerprint density at radius 1 is 0.920 bits per heavy atom. The van der Waals surface area contributed by atoms with Crippen LogP contribution in [-0.4, -0.2) is 35.5 Å². The zero-order chi connectivity index (χ0) is 37.0. The molecule has 1 saturated heterocycles. The number of amides is 1. The monoisotopic (exact) mass is 704 g/mol. The summed E-state index contributed by atoms with van der Waals surface area (Å²) in [5, 5.41) is 0.717. The Labute approximate surface area is 306 Å². The average Bonchev–Trinajstić information content (AvgIpc) is 3.08. The van der Waals surface area contributed by atoms with E-state index in [4.69, 9.17) is 16.6 Å². The minimum Gasteiger partial charge on any atom is -0.339 e. The van der Waals surface area contributed by atoms with Crippen molar-refractivity contribution in [2.45, 2.75) is 107 Å². The number of aryl methyl sites for hydroxylation is 2. The van der Waals surface area contributed by atoms with Crippen LogP contribution in [0.4, 0.5) is 14.5 Å². The fourth-order valence-electron chi connectivity index (χ4n) is 6.39. The van der Waals surface area contributed by atoms with Gasteiger partial charge < -0.3 is 4.90 Å². The van der Waals surface area contributed by atoms with Gasteiger partial charge in [0.25, 0.3) is 5.91 Å². The second-order valence-corrected chi connectivity index (χ2v) is 15.1. The second-order valence-electron chi connectivity index (χ2n) is 14.6. The molecule has 1 saturated carbocycles. The molecular formula is C44H59ClF2N2O. The van der Waals surface area contributed by atoms with Gasteiger partial charge in [0.15, 0.2) is 0 Å². The molecule has 0 aromatic heterocycles. The molecule has 0 bridgehead atoms. The summed E-state index contributed by atoms with van der Waals surface area (Å²) in [4.78, 5) is 20.5. The Morgan fingerprint density at radius 2 is 1.56 bits per heavy atom. The van der Waals surface area contributed by atoms with Crippen molar-refractivity contribution in [1.82, 2.24) is 4.90 Å². The molecular weight excluding hydrogens is 646 g/mol. The molecule has 2 aliphatic rings. The molecule has 0 spiro atoms. The van der Waals surface area contributed by atoms with Crippen LogP contribution >= 0.6 is 11.6 Å². The topological polar surface area (TPSA) is 32.7 Å². The van der Waals surface area contributed by atoms with Crippen molar-refractivity contribution in [3.63, 3.8) is 0 Å². The number of likely N-dealkylation sites (tertiary alicyclic amines) is 1. The third-order valence-corrected chi connectivity index (χ3v) is 10.1. The Morgan fingerprint density at radius 3 is 2.04 bits per heavy atom. The number of carbonyl (C=O) groups is 1. The summed E-state index contributed by atoms with van der Waals surface area (Å²) in [5.74, 6) is -0.217. The van der Waals surface area contributed by atoms with Crippen LogP contribution in [0, 0.1) is 37.5 Å². The summed E-state index contributed by atoms with van der Waals surface area (Å²) in [5.41, 5.74) is 8.65. The van der Waals surface area contributed by atoms with Crippen LogP contribution in [0.5, 0.6) is 0 Å². The van der Waals surface area contributed by atoms with Crippen molar-refractivity contribution < 1.29 is 13.6 Å². The number of alkyl halides is 2. The highest BCUT2D eigenvalue weighted by Gasteiger charge is 2.43. The van der Waals surface area contributed by atoms with Gasteiger partial charge in [0.1, 0.15) is 0 Å². The van der Waals surface area contributed by atoms with Crippen molar-refractivity contribution in [2.75, 3.05) is 13.1 Å². The molecule has 3 aromatic carbocycles. The first-order valence-electron chi connectivity index (χ1n) is 18.5. The highest BCUT2D eigenvalue weighted by atomic mass is 35.5. The molecule has 0 atom stereocenters. The molecule has 272 valence electrons. The third-order valence-electron chi connectivity index (χ3n) is 9.91. The number of hydrogen-bond donors (Lipinski definition) is 0. The highest BCUT2D eigenvalue weighted by molar-refractivity contribution is 6.30. The Bertz CT molecular complexity index is 1590. The quantitative estimate of drug-likeness (QED) is 0.215. The van der Waals surface area contributed by atoms with Crippen LogP contribution in [-0.2, 0) is 0 Å². The van der Waals surface area contributed by atoms with E-state index in [2.05, 4.69) is 84.9 Å². The van der Waals surface area contributed by atoms with E-state index in [0.29, 0.717) is 22.8 Å². The smallest absolute Gasteiger partial charge is 0.253 e. The molecule has 3 nitrogen and oxygen atoms in total. The first kappa shape index (κ1) is 41.1. The van der Waals surface area contributed by atoms with Crippen LogP contribution in [0.3, 0.4) is 0 Å². The molecule has 2 fully saturated rings. The number of nitrogens with zero attached hydrogens (tertiary/aromatic N) is 2. The first-order chi connectivity index (χ1) is 23.7. The lowest BCUT2D eigenvalue weighted by atomic mass is 9.80. The Balaban J connectivity index is 0.000000436. The second kappa shape index (κ2) is 19.3. The van der Waals surface area contributed by atoms with Gasteiger partial charge in [-0.1, -0.05) is 108 Å². The van der Waals surface area contributed by atoms with E-state index in [0.717, 1.165) is 71.8 Å². The van der Waals surface area contributed by atoms with Gasteiger partial charge >= 0.3 is 0 Å². The summed E-state index contributed by atoms with van der Waals surface area (Å²) in [6.45, 7) is 20.8. The summed E-state index contributed by atoms with van der Waals surface area (Å²) in [6.07, 6.45) is 6.47. The van der Waals surface area contributed by atoms with Gasteiger partial charge in [0.2, 0.25) is 5.92 Å². The third kappa shape index (κ3) is 11.9. The number of hydrogen-bond acceptors (Lipinski definition) is 2. The van der Waals surface area contributed by atoms with Crippen molar-refractivity contribution in [1.29, 1.82) is 0 Å². The Kier molecular flexibility index (Phi) is 15.9. The van der Waals surface area contributed by atoms with E-state index < -0.39 is 5.92 Å². The van der Waals surface area contributed by atoms with Crippen LogP contribution in [0.15, 0.2) is 77.8 Å². The lowest BCUT2D eigenvalue weighted by Gasteiger charge is -2.34. The van der Waals surface area contributed by atoms with Gasteiger partial charge in [0.05, 0.1) is 5.69 Å². The zero-order valence-corrected chi connectivity index (χ0v) is 32.6. The predicted octanol–water partition coefficient (Wildman–Crippen LogP) is 13.2. The fraction of sp³-hybridized carbons (Fsp3) is 0.500. The summed E-state index contributed by atoms with van der Waals surface area (Å²) < 4.78 is 24.0. The van der Waals surface area contributed by atoms with Gasteiger partial charge in [-0.3, -0.25) is 9.79 Å². The summed E-state index contributed by atoms with van der Waals surface area (Å²) in [6, 6.07) is 22.3. The lowest BCUT2D eigenvalue weighted by Crippen LogP contribution is -2.41. The molecule has 1 heterocycles. The minimum atomic E-state index is -2.30. The number of allylic oxidation sites excluding steroid dienone is 1. The number of rotatable bonds is 8. The van der Waals surface area contributed by atoms with E-state index in [1.807, 2.05) is 55.1 Å². The average molecular weight is 705 g/mol. The van der Waals surface area contributed by atoms with Crippen molar-refractivity contribution in [3.05, 3.63) is 106 Å². The van der Waals surface area contributed by atoms with Gasteiger partial charge in [0, 0.05) is 48.1 Å². The molecule has 3 aromatic rings. The summed E-state index contributed by atoms with van der Waals surface area (Å²) in [7, 11) is 0. The highest BCUT2D eigenvalue weighted by Crippen LogP contribution is 2.43. The number of benzene rings is 3. The molecule has 5 rings (SSSR count). The normalized spacial score (nSPS) is 16.7. The van der Waals surface area contributed by atoms with E-state index >= 15 is 0 Å². The standard InChI is InChI=1S/C33H37ClN2O.C6H10F2.C5H12/c1-6-29(26-11-9-12-28(34)21-26)30-15-14-27(20-24(30)5)33(37)36-18-16-25(17-19-36)32(22(2)3)35-31-13-8-7-10-23(31)4;1-2-5-3-6(7,8)4-5;1-4-5(2)3/h6-15,20-22,25H,16-19H2,1-5H3;5H,2-4H2,1H3;5H,4H2,1-3H3/b29-6-,35-32?;;. The molecule has 50 heavy (non-hydrogen) atoms. The Hall–Kier alpha value is -3.31. The van der Waals surface area contributed by atoms with E-state index in [1.54, 1.807) is 0 Å². The molecule has 0 radical (unpaired) electrons. The molecule has 0 N–H and O–H groups in total. The maximum atomic E-state index is 13.4. The number of para-hydroxylation sites is 1. The molecule has 1 amide bonds. The maximum Gasteiger partial charge on any atom is 0.253 e. The first-order valence-corrected chi connectivity index (χ1v) is 18.9. The van der Waals surface area contributed by atoms with Crippen LogP contribution in [0.1, 0.15) is 120 Å². The van der Waals surface area contributed by atoms with Crippen molar-refractivity contribution in [2.24, 2.45) is 28.7 Å². The number of aliphatic imine (C=N–C) groups is 1. The molecule has 1 aliphatic carbocycles. The van der Waals surface area contributed by atoms with Crippen LogP contribution < -0.4 is 0 Å². The molecule has 6 heteroatoms. The predicted molar refractivity (Wildman–Crippen MR) is 210 cm³/mol. The van der Waals surface area contributed by atoms with E-state index in [9.17, 15) is 13.6 Å². The van der Waals surface area contributed by atoms with E-state index in [1.165, 1.54) is 17.7 Å². The lowest BCUT2D eigenvalue weighted by molar-refractivity contribution is -0.110. The van der Waals surface area contributed by atoms with Gasteiger partial charge in [-0.15, -0.1) is 0 Å². The minimum absolute atomic E-state index is 0.111. The SMILES string of the molecule is C/C=C(/c1cccc(Cl)c1)c1ccc(C(=O)N2CCC(C(=Nc3ccccc3C)C(C)C)CC2)cc1C.CCC(C)C.CCC1CC(F)(F)C1. The number of carbonyl (C=O) groups excluding carboxylic acids is 1. The fourth-order valence-corrected chi connectivity index (χ4v) is 6.58. The van der Waals surface area contributed by atoms with Crippen molar-refractivity contribution in [3.8, 4) is 0 Å². The van der Waals surface area contributed by atoms with Crippen LogP contribution in [0.25, 0.3) is 5.57 Å². The summed E-state index contributed by atoms with van der Waals surface area (Å²) >= 11 is 6.24.